The van der Waals surface area contributed by atoms with Crippen LogP contribution in [-0.4, -0.2) is 81.5 Å². The molecule has 1 aliphatic heterocycles. The van der Waals surface area contributed by atoms with Crippen molar-refractivity contribution in [2.45, 2.75) is 33.2 Å². The SMILES string of the molecule is CCC/C=C1/C(=C\N=C(C)Nc2cc(N)c(N(C)CCN(C)C)cc2OC)CN(Cc2ccccc2)C(=O)N1C. The fourth-order valence-electron chi connectivity index (χ4n) is 4.52. The Labute approximate surface area is 239 Å². The van der Waals surface area contributed by atoms with Gasteiger partial charge in [0.1, 0.15) is 11.6 Å². The number of rotatable bonds is 11. The maximum atomic E-state index is 13.2. The van der Waals surface area contributed by atoms with E-state index < -0.39 is 0 Å². The van der Waals surface area contributed by atoms with Crippen LogP contribution in [0.2, 0.25) is 0 Å². The molecule has 2 aromatic carbocycles. The second kappa shape index (κ2) is 14.4. The second-order valence-corrected chi connectivity index (χ2v) is 10.4. The van der Waals surface area contributed by atoms with Crippen LogP contribution in [0.5, 0.6) is 5.75 Å². The number of allylic oxidation sites excluding steroid dienone is 1. The normalized spacial score (nSPS) is 16.3. The topological polar surface area (TPSA) is 89.7 Å². The number of amidine groups is 1. The summed E-state index contributed by atoms with van der Waals surface area (Å²) < 4.78 is 5.68. The number of urea groups is 1. The van der Waals surface area contributed by atoms with Crippen molar-refractivity contribution >= 4 is 28.9 Å². The van der Waals surface area contributed by atoms with Crippen molar-refractivity contribution in [1.82, 2.24) is 14.7 Å². The summed E-state index contributed by atoms with van der Waals surface area (Å²) in [6.07, 6.45) is 5.86. The van der Waals surface area contributed by atoms with E-state index in [-0.39, 0.29) is 6.03 Å². The summed E-state index contributed by atoms with van der Waals surface area (Å²) in [5.74, 6) is 1.37. The summed E-state index contributed by atoms with van der Waals surface area (Å²) in [6.45, 7) is 6.80. The molecule has 9 nitrogen and oxygen atoms in total. The molecule has 0 aliphatic carbocycles. The molecule has 0 atom stereocenters. The molecule has 0 radical (unpaired) electrons. The van der Waals surface area contributed by atoms with Gasteiger partial charge in [-0.15, -0.1) is 0 Å². The summed E-state index contributed by atoms with van der Waals surface area (Å²) in [5, 5.41) is 3.35. The average Bonchev–Trinajstić information content (AvgIpc) is 2.93. The van der Waals surface area contributed by atoms with Gasteiger partial charge in [-0.1, -0.05) is 49.8 Å². The fourth-order valence-corrected chi connectivity index (χ4v) is 4.52. The summed E-state index contributed by atoms with van der Waals surface area (Å²) >= 11 is 0. The van der Waals surface area contributed by atoms with E-state index in [1.807, 2.05) is 74.6 Å². The van der Waals surface area contributed by atoms with Crippen LogP contribution in [0.3, 0.4) is 0 Å². The molecule has 1 heterocycles. The van der Waals surface area contributed by atoms with Crippen LogP contribution in [0, 0.1) is 0 Å². The lowest BCUT2D eigenvalue weighted by Crippen LogP contribution is -2.46. The first kappa shape index (κ1) is 30.6. The molecule has 0 unspecified atom stereocenters. The Balaban J connectivity index is 1.85. The number of likely N-dealkylation sites (N-methyl/N-ethyl adjacent to an activating group) is 3. The van der Waals surface area contributed by atoms with Crippen LogP contribution in [0.1, 0.15) is 32.3 Å². The Morgan fingerprint density at radius 2 is 1.90 bits per heavy atom. The molecule has 2 amide bonds. The lowest BCUT2D eigenvalue weighted by molar-refractivity contribution is 0.165. The van der Waals surface area contributed by atoms with E-state index >= 15 is 0 Å². The minimum absolute atomic E-state index is 0.0157. The van der Waals surface area contributed by atoms with Crippen LogP contribution in [0.4, 0.5) is 21.9 Å². The second-order valence-electron chi connectivity index (χ2n) is 10.4. The number of unbranched alkanes of at least 4 members (excludes halogenated alkanes) is 1. The Hall–Kier alpha value is -3.98. The molecule has 216 valence electrons. The van der Waals surface area contributed by atoms with Crippen molar-refractivity contribution < 1.29 is 9.53 Å². The van der Waals surface area contributed by atoms with Crippen molar-refractivity contribution in [1.29, 1.82) is 0 Å². The molecule has 1 fully saturated rings. The predicted octanol–water partition coefficient (Wildman–Crippen LogP) is 5.24. The first-order valence-corrected chi connectivity index (χ1v) is 13.8. The van der Waals surface area contributed by atoms with Gasteiger partial charge < -0.3 is 30.5 Å². The van der Waals surface area contributed by atoms with Crippen LogP contribution < -0.4 is 20.7 Å². The lowest BCUT2D eigenvalue weighted by Gasteiger charge is -2.37. The highest BCUT2D eigenvalue weighted by molar-refractivity contribution is 5.96. The molecule has 2 aromatic rings. The minimum atomic E-state index is -0.0157. The Morgan fingerprint density at radius 1 is 1.18 bits per heavy atom. The number of carbonyl (C=O) groups is 1. The Bertz CT molecular complexity index is 1240. The molecule has 40 heavy (non-hydrogen) atoms. The number of amides is 2. The molecule has 1 saturated heterocycles. The average molecular weight is 548 g/mol. The van der Waals surface area contributed by atoms with E-state index in [9.17, 15) is 4.79 Å². The van der Waals surface area contributed by atoms with E-state index in [0.29, 0.717) is 30.4 Å². The van der Waals surface area contributed by atoms with Gasteiger partial charge in [0, 0.05) is 57.3 Å². The molecule has 3 rings (SSSR count). The van der Waals surface area contributed by atoms with E-state index in [4.69, 9.17) is 15.5 Å². The highest BCUT2D eigenvalue weighted by Gasteiger charge is 2.30. The van der Waals surface area contributed by atoms with Gasteiger partial charge >= 0.3 is 6.03 Å². The quantitative estimate of drug-likeness (QED) is 0.227. The van der Waals surface area contributed by atoms with Crippen LogP contribution >= 0.6 is 0 Å². The number of ether oxygens (including phenoxy) is 1. The lowest BCUT2D eigenvalue weighted by atomic mass is 10.1. The number of carbonyl (C=O) groups excluding carboxylic acids is 1. The predicted molar refractivity (Wildman–Crippen MR) is 167 cm³/mol. The van der Waals surface area contributed by atoms with Crippen LogP contribution in [-0.2, 0) is 6.54 Å². The zero-order chi connectivity index (χ0) is 29.2. The fraction of sp³-hybridized carbons (Fsp3) is 0.419. The van der Waals surface area contributed by atoms with Gasteiger partial charge in [0.25, 0.3) is 0 Å². The molecule has 0 aromatic heterocycles. The van der Waals surface area contributed by atoms with Gasteiger partial charge in [0.15, 0.2) is 0 Å². The summed E-state index contributed by atoms with van der Waals surface area (Å²) in [7, 11) is 9.60. The summed E-state index contributed by atoms with van der Waals surface area (Å²) in [4.78, 5) is 25.8. The number of hydrogen-bond donors (Lipinski definition) is 2. The molecule has 0 bridgehead atoms. The van der Waals surface area contributed by atoms with E-state index in [1.54, 1.807) is 12.0 Å². The molecule has 0 spiro atoms. The first-order chi connectivity index (χ1) is 19.1. The van der Waals surface area contributed by atoms with Gasteiger partial charge in [0.2, 0.25) is 0 Å². The highest BCUT2D eigenvalue weighted by atomic mass is 16.5. The number of nitrogens with one attached hydrogen (secondary N) is 1. The van der Waals surface area contributed by atoms with Crippen molar-refractivity contribution in [2.24, 2.45) is 4.99 Å². The van der Waals surface area contributed by atoms with Gasteiger partial charge in [-0.2, -0.15) is 0 Å². The molecule has 1 aliphatic rings. The number of aliphatic imine (C=N–C) groups is 1. The number of benzene rings is 2. The number of nitrogen functional groups attached to an aromatic ring is 1. The smallest absolute Gasteiger partial charge is 0.324 e. The third-order valence-corrected chi connectivity index (χ3v) is 6.82. The molecular formula is C31H45N7O2. The number of hydrogen-bond acceptors (Lipinski definition) is 6. The maximum absolute atomic E-state index is 13.2. The summed E-state index contributed by atoms with van der Waals surface area (Å²) in [6, 6.07) is 13.9. The van der Waals surface area contributed by atoms with E-state index in [1.165, 1.54) is 0 Å². The third-order valence-electron chi connectivity index (χ3n) is 6.82. The molecular weight excluding hydrogens is 502 g/mol. The van der Waals surface area contributed by atoms with E-state index in [0.717, 1.165) is 54.1 Å². The molecule has 3 N–H and O–H groups in total. The monoisotopic (exact) mass is 547 g/mol. The molecule has 0 saturated carbocycles. The van der Waals surface area contributed by atoms with Crippen LogP contribution in [0.15, 0.2) is 71.0 Å². The Kier molecular flexibility index (Phi) is 11.0. The van der Waals surface area contributed by atoms with Crippen molar-refractivity contribution in [2.75, 3.05) is 70.9 Å². The first-order valence-electron chi connectivity index (χ1n) is 13.8. The van der Waals surface area contributed by atoms with Crippen molar-refractivity contribution in [3.8, 4) is 5.75 Å². The van der Waals surface area contributed by atoms with Gasteiger partial charge in [0.05, 0.1) is 30.7 Å². The minimum Gasteiger partial charge on any atom is -0.494 e. The van der Waals surface area contributed by atoms with Crippen molar-refractivity contribution in [3.05, 3.63) is 71.6 Å². The number of nitrogens with two attached hydrogens (primary N) is 1. The number of methoxy groups -OCH3 is 1. The van der Waals surface area contributed by atoms with Gasteiger partial charge in [-0.3, -0.25) is 4.90 Å². The largest absolute Gasteiger partial charge is 0.494 e. The van der Waals surface area contributed by atoms with Gasteiger partial charge in [-0.05, 0) is 39.1 Å². The zero-order valence-electron chi connectivity index (χ0n) is 25.1. The van der Waals surface area contributed by atoms with Crippen LogP contribution in [0.25, 0.3) is 0 Å². The van der Waals surface area contributed by atoms with E-state index in [2.05, 4.69) is 42.2 Å². The maximum Gasteiger partial charge on any atom is 0.324 e. The standard InChI is InChI=1S/C31H45N7O2/c1-8-9-15-28-25(22-38(31(39)37(28)6)21-24-13-11-10-12-14-24)20-33-23(2)34-27-18-26(32)29(19-30(27)40-7)36(5)17-16-35(3)4/h10-15,18-20H,8-9,16-17,21-22,32H2,1-7H3,(H,33,34)/b25-20-,28-15-. The highest BCUT2D eigenvalue weighted by Crippen LogP contribution is 2.35. The third kappa shape index (κ3) is 8.02. The Morgan fingerprint density at radius 3 is 2.55 bits per heavy atom. The number of nitrogens with zero attached hydrogens (tertiary/aromatic N) is 5. The van der Waals surface area contributed by atoms with Crippen molar-refractivity contribution in [3.63, 3.8) is 0 Å². The zero-order valence-corrected chi connectivity index (χ0v) is 25.1. The van der Waals surface area contributed by atoms with Gasteiger partial charge in [-0.25, -0.2) is 9.79 Å². The number of anilines is 3. The molecule has 9 heteroatoms. The summed E-state index contributed by atoms with van der Waals surface area (Å²) in [5.41, 5.74) is 11.7.